The Balaban J connectivity index is 1.55. The van der Waals surface area contributed by atoms with E-state index in [4.69, 9.17) is 0 Å². The normalized spacial score (nSPS) is 10.9. The van der Waals surface area contributed by atoms with E-state index >= 15 is 0 Å². The van der Waals surface area contributed by atoms with Gasteiger partial charge in [0, 0.05) is 25.2 Å². The molecule has 0 saturated heterocycles. The van der Waals surface area contributed by atoms with Crippen LogP contribution in [0.1, 0.15) is 22.0 Å². The van der Waals surface area contributed by atoms with Crippen LogP contribution in [-0.2, 0) is 13.5 Å². The Hall–Kier alpha value is -3.88. The first-order valence-electron chi connectivity index (χ1n) is 8.74. The van der Waals surface area contributed by atoms with E-state index in [1.807, 2.05) is 30.3 Å². The van der Waals surface area contributed by atoms with Gasteiger partial charge in [0.2, 0.25) is 5.82 Å². The largest absolute Gasteiger partial charge is 0.317 e. The van der Waals surface area contributed by atoms with Gasteiger partial charge in [-0.3, -0.25) is 14.6 Å². The van der Waals surface area contributed by atoms with Gasteiger partial charge in [-0.2, -0.15) is 5.10 Å². The molecule has 0 radical (unpaired) electrons. The number of aryl methyl sites for hydroxylation is 1. The summed E-state index contributed by atoms with van der Waals surface area (Å²) in [4.78, 5) is 16.6. The minimum Gasteiger partial charge on any atom is -0.317 e. The Labute approximate surface area is 164 Å². The Bertz CT molecular complexity index is 1170. The lowest BCUT2D eigenvalue weighted by molar-refractivity contribution is 0.101. The maximum Gasteiger partial charge on any atom is 0.295 e. The number of anilines is 1. The van der Waals surface area contributed by atoms with E-state index in [0.29, 0.717) is 23.4 Å². The van der Waals surface area contributed by atoms with Gasteiger partial charge in [0.15, 0.2) is 11.6 Å². The molecule has 146 valence electrons. The standard InChI is InChI=1S/C20H16F2N6O/c1-28-11-14(10-23-28)13-8-15(21)18(22)16(9-13)24-20(29)19-25-17(26-27-19)7-12-5-3-2-4-6-12/h2-6,8-11H,7H2,1H3,(H,24,29)(H,25,26,27). The second-order valence-corrected chi connectivity index (χ2v) is 6.44. The molecule has 0 spiro atoms. The van der Waals surface area contributed by atoms with Gasteiger partial charge in [-0.15, -0.1) is 5.10 Å². The summed E-state index contributed by atoms with van der Waals surface area (Å²) in [6.45, 7) is 0. The molecule has 0 aliphatic carbocycles. The van der Waals surface area contributed by atoms with Crippen molar-refractivity contribution in [3.8, 4) is 11.1 Å². The van der Waals surface area contributed by atoms with Crippen LogP contribution in [0.15, 0.2) is 54.9 Å². The number of rotatable bonds is 5. The fraction of sp³-hybridized carbons (Fsp3) is 0.100. The van der Waals surface area contributed by atoms with Crippen molar-refractivity contribution >= 4 is 11.6 Å². The maximum atomic E-state index is 14.2. The van der Waals surface area contributed by atoms with Crippen molar-refractivity contribution in [1.29, 1.82) is 0 Å². The van der Waals surface area contributed by atoms with Gasteiger partial charge in [0.1, 0.15) is 5.82 Å². The number of hydrogen-bond donors (Lipinski definition) is 2. The summed E-state index contributed by atoms with van der Waals surface area (Å²) >= 11 is 0. The quantitative estimate of drug-likeness (QED) is 0.544. The molecule has 1 amide bonds. The van der Waals surface area contributed by atoms with Crippen LogP contribution >= 0.6 is 0 Å². The second-order valence-electron chi connectivity index (χ2n) is 6.44. The minimum atomic E-state index is -1.16. The number of amides is 1. The van der Waals surface area contributed by atoms with E-state index in [-0.39, 0.29) is 11.5 Å². The molecule has 9 heteroatoms. The zero-order valence-electron chi connectivity index (χ0n) is 15.4. The number of nitrogens with one attached hydrogen (secondary N) is 2. The van der Waals surface area contributed by atoms with Crippen LogP contribution in [0.2, 0.25) is 0 Å². The van der Waals surface area contributed by atoms with Gasteiger partial charge < -0.3 is 5.32 Å². The molecule has 0 aliphatic heterocycles. The van der Waals surface area contributed by atoms with Gasteiger partial charge in [0.05, 0.1) is 11.9 Å². The van der Waals surface area contributed by atoms with Crippen molar-refractivity contribution in [2.24, 2.45) is 7.05 Å². The molecule has 0 saturated carbocycles. The summed E-state index contributed by atoms with van der Waals surface area (Å²) in [5.41, 5.74) is 1.66. The van der Waals surface area contributed by atoms with E-state index in [0.717, 1.165) is 11.6 Å². The van der Waals surface area contributed by atoms with Gasteiger partial charge in [-0.05, 0) is 23.3 Å². The van der Waals surface area contributed by atoms with E-state index < -0.39 is 17.5 Å². The molecule has 0 aliphatic rings. The van der Waals surface area contributed by atoms with Gasteiger partial charge in [0.25, 0.3) is 5.91 Å². The van der Waals surface area contributed by atoms with Gasteiger partial charge in [-0.1, -0.05) is 30.3 Å². The zero-order chi connectivity index (χ0) is 20.4. The Morgan fingerprint density at radius 2 is 1.97 bits per heavy atom. The van der Waals surface area contributed by atoms with Crippen molar-refractivity contribution in [1.82, 2.24) is 25.0 Å². The fourth-order valence-corrected chi connectivity index (χ4v) is 2.86. The number of benzene rings is 2. The van der Waals surface area contributed by atoms with Crippen LogP contribution in [0, 0.1) is 11.6 Å². The van der Waals surface area contributed by atoms with Crippen molar-refractivity contribution in [3.63, 3.8) is 0 Å². The van der Waals surface area contributed by atoms with Crippen LogP contribution in [0.4, 0.5) is 14.5 Å². The predicted octanol–water partition coefficient (Wildman–Crippen LogP) is 3.33. The molecule has 2 aromatic carbocycles. The van der Waals surface area contributed by atoms with E-state index in [9.17, 15) is 13.6 Å². The summed E-state index contributed by atoms with van der Waals surface area (Å²) in [6, 6.07) is 11.9. The highest BCUT2D eigenvalue weighted by atomic mass is 19.2. The summed E-state index contributed by atoms with van der Waals surface area (Å²) in [6.07, 6.45) is 3.63. The third-order valence-corrected chi connectivity index (χ3v) is 4.26. The van der Waals surface area contributed by atoms with Crippen LogP contribution in [0.5, 0.6) is 0 Å². The molecule has 0 unspecified atom stereocenters. The molecule has 29 heavy (non-hydrogen) atoms. The molecule has 0 atom stereocenters. The molecule has 0 fully saturated rings. The predicted molar refractivity (Wildman–Crippen MR) is 102 cm³/mol. The molecule has 2 heterocycles. The average Bonchev–Trinajstić information content (AvgIpc) is 3.35. The highest BCUT2D eigenvalue weighted by molar-refractivity contribution is 6.01. The zero-order valence-corrected chi connectivity index (χ0v) is 15.4. The summed E-state index contributed by atoms with van der Waals surface area (Å²) in [7, 11) is 1.71. The summed E-state index contributed by atoms with van der Waals surface area (Å²) in [5, 5.41) is 12.9. The summed E-state index contributed by atoms with van der Waals surface area (Å²) in [5.74, 6) is -2.67. The SMILES string of the molecule is Cn1cc(-c2cc(F)c(F)c(NC(=O)c3n[nH]c(Cc4ccccc4)n3)c2)cn1. The topological polar surface area (TPSA) is 88.5 Å². The first-order chi connectivity index (χ1) is 14.0. The third kappa shape index (κ3) is 4.03. The third-order valence-electron chi connectivity index (χ3n) is 4.26. The second kappa shape index (κ2) is 7.63. The molecule has 2 N–H and O–H groups in total. The lowest BCUT2D eigenvalue weighted by Crippen LogP contribution is -2.15. The average molecular weight is 394 g/mol. The number of nitrogens with zero attached hydrogens (tertiary/aromatic N) is 4. The Kier molecular flexibility index (Phi) is 4.86. The van der Waals surface area contributed by atoms with E-state index in [2.05, 4.69) is 25.6 Å². The molecule has 4 rings (SSSR count). The molecule has 4 aromatic rings. The van der Waals surface area contributed by atoms with Crippen LogP contribution in [-0.4, -0.2) is 30.9 Å². The molecular weight excluding hydrogens is 378 g/mol. The number of aromatic amines is 1. The number of carbonyl (C=O) groups is 1. The number of halogens is 2. The van der Waals surface area contributed by atoms with Gasteiger partial charge in [-0.25, -0.2) is 13.8 Å². The molecule has 7 nitrogen and oxygen atoms in total. The van der Waals surface area contributed by atoms with Crippen LogP contribution < -0.4 is 5.32 Å². The Morgan fingerprint density at radius 3 is 2.69 bits per heavy atom. The van der Waals surface area contributed by atoms with E-state index in [1.165, 1.54) is 16.9 Å². The van der Waals surface area contributed by atoms with Crippen molar-refractivity contribution in [2.75, 3.05) is 5.32 Å². The lowest BCUT2D eigenvalue weighted by Gasteiger charge is -2.08. The minimum absolute atomic E-state index is 0.164. The maximum absolute atomic E-state index is 14.2. The highest BCUT2D eigenvalue weighted by Gasteiger charge is 2.18. The van der Waals surface area contributed by atoms with E-state index in [1.54, 1.807) is 13.2 Å². The Morgan fingerprint density at radius 1 is 1.17 bits per heavy atom. The molecular formula is C20H16F2N6O. The first kappa shape index (κ1) is 18.5. The molecule has 2 aromatic heterocycles. The number of aromatic nitrogens is 5. The smallest absolute Gasteiger partial charge is 0.295 e. The first-order valence-corrected chi connectivity index (χ1v) is 8.74. The van der Waals surface area contributed by atoms with Crippen molar-refractivity contribution < 1.29 is 13.6 Å². The molecule has 0 bridgehead atoms. The van der Waals surface area contributed by atoms with Gasteiger partial charge >= 0.3 is 0 Å². The summed E-state index contributed by atoms with van der Waals surface area (Å²) < 4.78 is 29.8. The van der Waals surface area contributed by atoms with Crippen molar-refractivity contribution in [3.05, 3.63) is 83.7 Å². The van der Waals surface area contributed by atoms with Crippen LogP contribution in [0.3, 0.4) is 0 Å². The number of H-pyrrole nitrogens is 1. The number of hydrogen-bond acceptors (Lipinski definition) is 4. The lowest BCUT2D eigenvalue weighted by atomic mass is 10.1. The highest BCUT2D eigenvalue weighted by Crippen LogP contribution is 2.27. The van der Waals surface area contributed by atoms with Crippen molar-refractivity contribution in [2.45, 2.75) is 6.42 Å². The monoisotopic (exact) mass is 394 g/mol. The fourth-order valence-electron chi connectivity index (χ4n) is 2.86. The number of carbonyl (C=O) groups excluding carboxylic acids is 1. The van der Waals surface area contributed by atoms with Crippen LogP contribution in [0.25, 0.3) is 11.1 Å².